The molecule has 1 aromatic carbocycles. The van der Waals surface area contributed by atoms with E-state index in [1.54, 1.807) is 7.11 Å². The largest absolute Gasteiger partial charge is 0.497 e. The van der Waals surface area contributed by atoms with Crippen molar-refractivity contribution < 1.29 is 4.74 Å². The lowest BCUT2D eigenvalue weighted by molar-refractivity contribution is 0.414. The molecule has 110 valence electrons. The summed E-state index contributed by atoms with van der Waals surface area (Å²) in [7, 11) is 1.68. The SMILES string of the molecule is CCNc1nc(Cc2ccc(OC)cc2)nc2c1CCC2. The van der Waals surface area contributed by atoms with Gasteiger partial charge in [-0.3, -0.25) is 0 Å². The Morgan fingerprint density at radius 1 is 1.14 bits per heavy atom. The highest BCUT2D eigenvalue weighted by Crippen LogP contribution is 2.26. The summed E-state index contributed by atoms with van der Waals surface area (Å²) in [6.07, 6.45) is 4.12. The molecule has 3 rings (SSSR count). The Morgan fingerprint density at radius 3 is 2.67 bits per heavy atom. The molecule has 0 radical (unpaired) electrons. The molecule has 1 aliphatic rings. The first-order valence-corrected chi connectivity index (χ1v) is 7.55. The molecule has 1 aromatic heterocycles. The molecule has 0 saturated carbocycles. The minimum Gasteiger partial charge on any atom is -0.497 e. The van der Waals surface area contributed by atoms with Crippen LogP contribution >= 0.6 is 0 Å². The molecule has 4 nitrogen and oxygen atoms in total. The monoisotopic (exact) mass is 283 g/mol. The van der Waals surface area contributed by atoms with Crippen LogP contribution < -0.4 is 10.1 Å². The van der Waals surface area contributed by atoms with Crippen LogP contribution in [0, 0.1) is 0 Å². The molecule has 1 heterocycles. The summed E-state index contributed by atoms with van der Waals surface area (Å²) in [6, 6.07) is 8.10. The van der Waals surface area contributed by atoms with Crippen molar-refractivity contribution in [2.45, 2.75) is 32.6 Å². The molecule has 21 heavy (non-hydrogen) atoms. The molecule has 1 aliphatic carbocycles. The van der Waals surface area contributed by atoms with Crippen LogP contribution in [0.3, 0.4) is 0 Å². The van der Waals surface area contributed by atoms with Gasteiger partial charge in [0.2, 0.25) is 0 Å². The van der Waals surface area contributed by atoms with Crippen molar-refractivity contribution in [1.29, 1.82) is 0 Å². The Kier molecular flexibility index (Phi) is 4.04. The summed E-state index contributed by atoms with van der Waals surface area (Å²) in [5.74, 6) is 2.81. The van der Waals surface area contributed by atoms with E-state index < -0.39 is 0 Å². The number of benzene rings is 1. The van der Waals surface area contributed by atoms with Gasteiger partial charge < -0.3 is 10.1 Å². The van der Waals surface area contributed by atoms with Crippen LogP contribution in [-0.2, 0) is 19.3 Å². The average molecular weight is 283 g/mol. The van der Waals surface area contributed by atoms with Gasteiger partial charge in [-0.05, 0) is 43.9 Å². The Balaban J connectivity index is 1.86. The number of hydrogen-bond acceptors (Lipinski definition) is 4. The molecule has 0 fully saturated rings. The van der Waals surface area contributed by atoms with Gasteiger partial charge in [-0.25, -0.2) is 9.97 Å². The Labute approximate surface area is 125 Å². The van der Waals surface area contributed by atoms with Gasteiger partial charge in [0.25, 0.3) is 0 Å². The van der Waals surface area contributed by atoms with Crippen molar-refractivity contribution in [2.24, 2.45) is 0 Å². The van der Waals surface area contributed by atoms with E-state index in [1.165, 1.54) is 23.2 Å². The summed E-state index contributed by atoms with van der Waals surface area (Å²) in [4.78, 5) is 9.47. The van der Waals surface area contributed by atoms with E-state index in [9.17, 15) is 0 Å². The molecule has 0 atom stereocenters. The van der Waals surface area contributed by atoms with Gasteiger partial charge in [0.1, 0.15) is 17.4 Å². The Morgan fingerprint density at radius 2 is 1.95 bits per heavy atom. The summed E-state index contributed by atoms with van der Waals surface area (Å²) in [5, 5.41) is 3.38. The second kappa shape index (κ2) is 6.12. The van der Waals surface area contributed by atoms with E-state index in [-0.39, 0.29) is 0 Å². The molecule has 0 amide bonds. The Hall–Kier alpha value is -2.10. The van der Waals surface area contributed by atoms with E-state index in [0.29, 0.717) is 0 Å². The summed E-state index contributed by atoms with van der Waals surface area (Å²) in [5.41, 5.74) is 3.75. The summed E-state index contributed by atoms with van der Waals surface area (Å²) >= 11 is 0. The zero-order valence-corrected chi connectivity index (χ0v) is 12.6. The molecular weight excluding hydrogens is 262 g/mol. The highest BCUT2D eigenvalue weighted by molar-refractivity contribution is 5.49. The maximum absolute atomic E-state index is 5.19. The van der Waals surface area contributed by atoms with Crippen molar-refractivity contribution in [1.82, 2.24) is 9.97 Å². The highest BCUT2D eigenvalue weighted by atomic mass is 16.5. The Bertz CT molecular complexity index is 623. The van der Waals surface area contributed by atoms with Crippen molar-refractivity contribution in [2.75, 3.05) is 19.0 Å². The molecule has 1 N–H and O–H groups in total. The molecule has 0 bridgehead atoms. The fourth-order valence-electron chi connectivity index (χ4n) is 2.80. The van der Waals surface area contributed by atoms with E-state index in [1.807, 2.05) is 12.1 Å². The lowest BCUT2D eigenvalue weighted by atomic mass is 10.1. The summed E-state index contributed by atoms with van der Waals surface area (Å²) in [6.45, 7) is 3.00. The first-order chi connectivity index (χ1) is 10.3. The fraction of sp³-hybridized carbons (Fsp3) is 0.412. The van der Waals surface area contributed by atoms with Gasteiger partial charge in [-0.1, -0.05) is 12.1 Å². The average Bonchev–Trinajstić information content (AvgIpc) is 2.97. The van der Waals surface area contributed by atoms with Crippen molar-refractivity contribution in [3.05, 3.63) is 46.9 Å². The number of rotatable bonds is 5. The first-order valence-electron chi connectivity index (χ1n) is 7.55. The van der Waals surface area contributed by atoms with Crippen molar-refractivity contribution in [3.63, 3.8) is 0 Å². The van der Waals surface area contributed by atoms with Gasteiger partial charge in [0, 0.05) is 24.2 Å². The minimum atomic E-state index is 0.760. The smallest absolute Gasteiger partial charge is 0.135 e. The molecule has 2 aromatic rings. The predicted molar refractivity (Wildman–Crippen MR) is 84.0 cm³/mol. The van der Waals surface area contributed by atoms with Crippen LogP contribution in [0.5, 0.6) is 5.75 Å². The quantitative estimate of drug-likeness (QED) is 0.916. The second-order valence-electron chi connectivity index (χ2n) is 5.32. The number of hydrogen-bond donors (Lipinski definition) is 1. The number of fused-ring (bicyclic) bond motifs is 1. The minimum absolute atomic E-state index is 0.760. The number of aryl methyl sites for hydroxylation is 1. The number of anilines is 1. The van der Waals surface area contributed by atoms with Crippen LogP contribution in [0.4, 0.5) is 5.82 Å². The standard InChI is InChI=1S/C17H21N3O/c1-3-18-17-14-5-4-6-15(14)19-16(20-17)11-12-7-9-13(21-2)10-8-12/h7-10H,3-6,11H2,1-2H3,(H,18,19,20). The number of methoxy groups -OCH3 is 1. The zero-order valence-electron chi connectivity index (χ0n) is 12.6. The van der Waals surface area contributed by atoms with Crippen LogP contribution in [0.25, 0.3) is 0 Å². The topological polar surface area (TPSA) is 47.0 Å². The fourth-order valence-corrected chi connectivity index (χ4v) is 2.80. The summed E-state index contributed by atoms with van der Waals surface area (Å²) < 4.78 is 5.19. The van der Waals surface area contributed by atoms with Gasteiger partial charge in [-0.15, -0.1) is 0 Å². The van der Waals surface area contributed by atoms with Crippen molar-refractivity contribution >= 4 is 5.82 Å². The van der Waals surface area contributed by atoms with E-state index in [4.69, 9.17) is 14.7 Å². The highest BCUT2D eigenvalue weighted by Gasteiger charge is 2.19. The molecule has 0 saturated heterocycles. The lowest BCUT2D eigenvalue weighted by Crippen LogP contribution is -2.08. The van der Waals surface area contributed by atoms with Crippen LogP contribution in [0.15, 0.2) is 24.3 Å². The normalized spacial score (nSPS) is 13.0. The van der Waals surface area contributed by atoms with E-state index in [2.05, 4.69) is 24.4 Å². The van der Waals surface area contributed by atoms with Crippen LogP contribution in [0.1, 0.15) is 36.0 Å². The van der Waals surface area contributed by atoms with Crippen LogP contribution in [0.2, 0.25) is 0 Å². The number of nitrogens with zero attached hydrogens (tertiary/aromatic N) is 2. The third kappa shape index (κ3) is 2.99. The van der Waals surface area contributed by atoms with Gasteiger partial charge >= 0.3 is 0 Å². The maximum Gasteiger partial charge on any atom is 0.135 e. The molecule has 4 heteroatoms. The number of nitrogens with one attached hydrogen (secondary N) is 1. The molecule has 0 aliphatic heterocycles. The van der Waals surface area contributed by atoms with E-state index >= 15 is 0 Å². The van der Waals surface area contributed by atoms with E-state index in [0.717, 1.165) is 43.2 Å². The van der Waals surface area contributed by atoms with Gasteiger partial charge in [0.05, 0.1) is 7.11 Å². The number of aromatic nitrogens is 2. The van der Waals surface area contributed by atoms with Crippen LogP contribution in [-0.4, -0.2) is 23.6 Å². The number of ether oxygens (including phenoxy) is 1. The predicted octanol–water partition coefficient (Wildman–Crippen LogP) is 3.00. The molecule has 0 spiro atoms. The lowest BCUT2D eigenvalue weighted by Gasteiger charge is -2.11. The first kappa shape index (κ1) is 13.9. The third-order valence-electron chi connectivity index (χ3n) is 3.84. The third-order valence-corrected chi connectivity index (χ3v) is 3.84. The molecular formula is C17H21N3O. The van der Waals surface area contributed by atoms with Gasteiger partial charge in [-0.2, -0.15) is 0 Å². The maximum atomic E-state index is 5.19. The van der Waals surface area contributed by atoms with Crippen molar-refractivity contribution in [3.8, 4) is 5.75 Å². The zero-order chi connectivity index (χ0) is 14.7. The second-order valence-corrected chi connectivity index (χ2v) is 5.32. The molecule has 0 unspecified atom stereocenters. The van der Waals surface area contributed by atoms with Gasteiger partial charge in [0.15, 0.2) is 0 Å².